The minimum atomic E-state index is 0.812. The molecule has 0 fully saturated rings. The lowest BCUT2D eigenvalue weighted by molar-refractivity contribution is 0.841. The van der Waals surface area contributed by atoms with Crippen molar-refractivity contribution >= 4 is 5.69 Å². The summed E-state index contributed by atoms with van der Waals surface area (Å²) in [6.45, 7) is 0.812. The zero-order chi connectivity index (χ0) is 13.1. The Hall–Kier alpha value is -2.49. The lowest BCUT2D eigenvalue weighted by atomic mass is 10.2. The molecule has 4 heteroatoms. The summed E-state index contributed by atoms with van der Waals surface area (Å²) in [5, 5.41) is 7.66. The molecule has 0 unspecified atom stereocenters. The minimum Gasteiger partial charge on any atom is -0.379 e. The molecule has 0 aliphatic rings. The van der Waals surface area contributed by atoms with Crippen molar-refractivity contribution in [2.75, 3.05) is 5.32 Å². The summed E-state index contributed by atoms with van der Waals surface area (Å²) in [4.78, 5) is 0. The molecule has 19 heavy (non-hydrogen) atoms. The quantitative estimate of drug-likeness (QED) is 0.775. The van der Waals surface area contributed by atoms with Crippen molar-refractivity contribution in [3.8, 4) is 5.69 Å². The molecule has 0 amide bonds. The number of aryl methyl sites for hydroxylation is 1. The molecule has 0 spiro atoms. The normalized spacial score (nSPS) is 10.6. The lowest BCUT2D eigenvalue weighted by Crippen LogP contribution is -2.04. The van der Waals surface area contributed by atoms with Crippen LogP contribution in [0.25, 0.3) is 5.69 Å². The van der Waals surface area contributed by atoms with E-state index in [4.69, 9.17) is 0 Å². The first-order chi connectivity index (χ1) is 9.33. The van der Waals surface area contributed by atoms with E-state index in [0.29, 0.717) is 0 Å². The summed E-state index contributed by atoms with van der Waals surface area (Å²) in [7, 11) is 2.05. The number of rotatable bonds is 4. The second kappa shape index (κ2) is 5.02. The number of aromatic nitrogens is 3. The van der Waals surface area contributed by atoms with E-state index in [-0.39, 0.29) is 0 Å². The second-order valence-electron chi connectivity index (χ2n) is 4.46. The van der Waals surface area contributed by atoms with E-state index in [1.165, 1.54) is 5.69 Å². The Bertz CT molecular complexity index is 652. The topological polar surface area (TPSA) is 34.8 Å². The van der Waals surface area contributed by atoms with Gasteiger partial charge in [0.25, 0.3) is 0 Å². The number of nitrogens with one attached hydrogen (secondary N) is 1. The summed E-state index contributed by atoms with van der Waals surface area (Å²) >= 11 is 0. The number of hydrogen-bond acceptors (Lipinski definition) is 2. The molecular formula is C15H16N4. The molecule has 0 saturated heterocycles. The molecule has 4 nitrogen and oxygen atoms in total. The first kappa shape index (κ1) is 11.6. The predicted octanol–water partition coefficient (Wildman–Crippen LogP) is 2.82. The van der Waals surface area contributed by atoms with Crippen LogP contribution in [0.4, 0.5) is 5.69 Å². The van der Waals surface area contributed by atoms with E-state index in [1.807, 2.05) is 29.1 Å². The van der Waals surface area contributed by atoms with E-state index in [0.717, 1.165) is 17.9 Å². The maximum atomic E-state index is 4.24. The van der Waals surface area contributed by atoms with Crippen molar-refractivity contribution in [3.05, 3.63) is 66.7 Å². The molecule has 0 aliphatic carbocycles. The molecule has 0 radical (unpaired) electrons. The second-order valence-corrected chi connectivity index (χ2v) is 4.46. The van der Waals surface area contributed by atoms with Crippen molar-refractivity contribution in [1.82, 2.24) is 14.3 Å². The number of hydrogen-bond donors (Lipinski definition) is 1. The van der Waals surface area contributed by atoms with Crippen LogP contribution in [0.3, 0.4) is 0 Å². The molecule has 1 N–H and O–H groups in total. The monoisotopic (exact) mass is 252 g/mol. The Morgan fingerprint density at radius 1 is 1.11 bits per heavy atom. The van der Waals surface area contributed by atoms with Crippen LogP contribution in [-0.4, -0.2) is 14.3 Å². The van der Waals surface area contributed by atoms with Gasteiger partial charge in [-0.3, -0.25) is 0 Å². The first-order valence-corrected chi connectivity index (χ1v) is 6.27. The Balaban J connectivity index is 1.75. The summed E-state index contributed by atoms with van der Waals surface area (Å²) < 4.78 is 3.97. The van der Waals surface area contributed by atoms with Crippen LogP contribution in [0, 0.1) is 0 Å². The van der Waals surface area contributed by atoms with Gasteiger partial charge in [-0.15, -0.1) is 0 Å². The van der Waals surface area contributed by atoms with Gasteiger partial charge in [0.2, 0.25) is 0 Å². The SMILES string of the molecule is Cn1cccc1CNc1cccc(-n2cccn2)c1. The number of nitrogens with zero attached hydrogens (tertiary/aromatic N) is 3. The lowest BCUT2D eigenvalue weighted by Gasteiger charge is -2.09. The van der Waals surface area contributed by atoms with Crippen LogP contribution in [0.2, 0.25) is 0 Å². The summed E-state index contributed by atoms with van der Waals surface area (Å²) in [5.41, 5.74) is 3.40. The highest BCUT2D eigenvalue weighted by Gasteiger charge is 2.00. The molecule has 2 aromatic heterocycles. The molecule has 0 aliphatic heterocycles. The molecule has 3 rings (SSSR count). The molecule has 0 saturated carbocycles. The fraction of sp³-hybridized carbons (Fsp3) is 0.133. The molecular weight excluding hydrogens is 236 g/mol. The van der Waals surface area contributed by atoms with Crippen molar-refractivity contribution < 1.29 is 0 Å². The van der Waals surface area contributed by atoms with Gasteiger partial charge in [0.15, 0.2) is 0 Å². The Morgan fingerprint density at radius 3 is 2.79 bits per heavy atom. The largest absolute Gasteiger partial charge is 0.379 e. The van der Waals surface area contributed by atoms with E-state index in [2.05, 4.69) is 52.5 Å². The average Bonchev–Trinajstić information content (AvgIpc) is 3.08. The van der Waals surface area contributed by atoms with Gasteiger partial charge in [-0.25, -0.2) is 4.68 Å². The maximum Gasteiger partial charge on any atom is 0.0666 e. The predicted molar refractivity (Wildman–Crippen MR) is 76.3 cm³/mol. The summed E-state index contributed by atoms with van der Waals surface area (Å²) in [5.74, 6) is 0. The van der Waals surface area contributed by atoms with Gasteiger partial charge in [0, 0.05) is 37.0 Å². The highest BCUT2D eigenvalue weighted by atomic mass is 15.3. The minimum absolute atomic E-state index is 0.812. The molecule has 0 bridgehead atoms. The van der Waals surface area contributed by atoms with Crippen LogP contribution in [-0.2, 0) is 13.6 Å². The first-order valence-electron chi connectivity index (χ1n) is 6.27. The van der Waals surface area contributed by atoms with Crippen LogP contribution in [0.1, 0.15) is 5.69 Å². The van der Waals surface area contributed by atoms with Gasteiger partial charge >= 0.3 is 0 Å². The van der Waals surface area contributed by atoms with E-state index in [1.54, 1.807) is 6.20 Å². The highest BCUT2D eigenvalue weighted by Crippen LogP contribution is 2.15. The Morgan fingerprint density at radius 2 is 2.05 bits per heavy atom. The fourth-order valence-corrected chi connectivity index (χ4v) is 2.05. The van der Waals surface area contributed by atoms with E-state index in [9.17, 15) is 0 Å². The van der Waals surface area contributed by atoms with Gasteiger partial charge in [-0.1, -0.05) is 6.07 Å². The number of anilines is 1. The zero-order valence-corrected chi connectivity index (χ0v) is 10.8. The maximum absolute atomic E-state index is 4.24. The Kier molecular flexibility index (Phi) is 3.06. The summed E-state index contributed by atoms with van der Waals surface area (Å²) in [6.07, 6.45) is 5.78. The highest BCUT2D eigenvalue weighted by molar-refractivity contribution is 5.51. The van der Waals surface area contributed by atoms with Crippen molar-refractivity contribution in [2.24, 2.45) is 7.05 Å². The third-order valence-electron chi connectivity index (χ3n) is 3.14. The third kappa shape index (κ3) is 2.52. The van der Waals surface area contributed by atoms with Gasteiger partial charge in [-0.05, 0) is 36.4 Å². The fourth-order valence-electron chi connectivity index (χ4n) is 2.05. The van der Waals surface area contributed by atoms with Crippen molar-refractivity contribution in [3.63, 3.8) is 0 Å². The van der Waals surface area contributed by atoms with Gasteiger partial charge in [0.1, 0.15) is 0 Å². The van der Waals surface area contributed by atoms with E-state index < -0.39 is 0 Å². The number of benzene rings is 1. The zero-order valence-electron chi connectivity index (χ0n) is 10.8. The van der Waals surface area contributed by atoms with Crippen LogP contribution in [0.15, 0.2) is 61.1 Å². The third-order valence-corrected chi connectivity index (χ3v) is 3.14. The summed E-state index contributed by atoms with van der Waals surface area (Å²) in [6, 6.07) is 14.3. The molecule has 0 atom stereocenters. The standard InChI is InChI=1S/C15H16N4/c1-18-9-3-7-15(18)12-16-13-5-2-6-14(11-13)19-10-4-8-17-19/h2-11,16H,12H2,1H3. The van der Waals surface area contributed by atoms with Gasteiger partial charge < -0.3 is 9.88 Å². The molecule has 2 heterocycles. The average molecular weight is 252 g/mol. The van der Waals surface area contributed by atoms with E-state index >= 15 is 0 Å². The van der Waals surface area contributed by atoms with Crippen molar-refractivity contribution in [2.45, 2.75) is 6.54 Å². The van der Waals surface area contributed by atoms with Crippen LogP contribution >= 0.6 is 0 Å². The van der Waals surface area contributed by atoms with Crippen LogP contribution in [0.5, 0.6) is 0 Å². The molecule has 3 aromatic rings. The van der Waals surface area contributed by atoms with Crippen LogP contribution < -0.4 is 5.32 Å². The van der Waals surface area contributed by atoms with Gasteiger partial charge in [0.05, 0.1) is 12.2 Å². The van der Waals surface area contributed by atoms with Crippen molar-refractivity contribution in [1.29, 1.82) is 0 Å². The van der Waals surface area contributed by atoms with Gasteiger partial charge in [-0.2, -0.15) is 5.10 Å². The molecule has 96 valence electrons. The Labute approximate surface area is 112 Å². The molecule has 1 aromatic carbocycles. The smallest absolute Gasteiger partial charge is 0.0666 e.